The number of ether oxygens (including phenoxy) is 1. The molecule has 0 saturated carbocycles. The molecule has 0 radical (unpaired) electrons. The lowest BCUT2D eigenvalue weighted by atomic mass is 10.0. The molecule has 1 spiro atoms. The summed E-state index contributed by atoms with van der Waals surface area (Å²) in [5, 5.41) is 0.648. The van der Waals surface area contributed by atoms with Crippen LogP contribution in [0.1, 0.15) is 11.1 Å². The molecule has 1 fully saturated rings. The van der Waals surface area contributed by atoms with Crippen molar-refractivity contribution >= 4 is 46.6 Å². The number of amides is 2. The molecule has 156 valence electrons. The molecule has 3 aromatic carbocycles. The Morgan fingerprint density at radius 1 is 1.03 bits per heavy atom. The molecule has 0 unspecified atom stereocenters. The van der Waals surface area contributed by atoms with Crippen LogP contribution in [0.5, 0.6) is 5.75 Å². The van der Waals surface area contributed by atoms with E-state index >= 15 is 0 Å². The minimum atomic E-state index is -1.13. The number of nitrogens with zero attached hydrogens (tertiary/aromatic N) is 2. The van der Waals surface area contributed by atoms with Crippen molar-refractivity contribution in [1.29, 1.82) is 0 Å². The van der Waals surface area contributed by atoms with E-state index in [1.54, 1.807) is 23.0 Å². The average Bonchev–Trinajstić information content (AvgIpc) is 3.26. The van der Waals surface area contributed by atoms with E-state index in [0.717, 1.165) is 16.8 Å². The lowest BCUT2D eigenvalue weighted by molar-refractivity contribution is -0.123. The van der Waals surface area contributed by atoms with Gasteiger partial charge in [-0.25, -0.2) is 0 Å². The highest BCUT2D eigenvalue weighted by Gasteiger charge is 2.60. The van der Waals surface area contributed by atoms with Crippen molar-refractivity contribution in [2.45, 2.75) is 11.4 Å². The Balaban J connectivity index is 1.63. The molecule has 1 saturated heterocycles. The van der Waals surface area contributed by atoms with Crippen LogP contribution in [0.2, 0.25) is 5.02 Å². The van der Waals surface area contributed by atoms with Crippen LogP contribution in [0.3, 0.4) is 0 Å². The van der Waals surface area contributed by atoms with Gasteiger partial charge in [0.15, 0.2) is 0 Å². The van der Waals surface area contributed by atoms with Gasteiger partial charge in [-0.15, -0.1) is 11.8 Å². The first-order valence-electron chi connectivity index (χ1n) is 9.81. The van der Waals surface area contributed by atoms with Crippen LogP contribution < -0.4 is 14.5 Å². The van der Waals surface area contributed by atoms with Crippen LogP contribution >= 0.6 is 23.4 Å². The number of hydrogen-bond donors (Lipinski definition) is 0. The normalized spacial score (nSPS) is 19.9. The van der Waals surface area contributed by atoms with Gasteiger partial charge in [0.25, 0.3) is 5.91 Å². The van der Waals surface area contributed by atoms with Gasteiger partial charge >= 0.3 is 0 Å². The molecule has 5 nitrogen and oxygen atoms in total. The molecule has 31 heavy (non-hydrogen) atoms. The third-order valence-corrected chi connectivity index (χ3v) is 7.27. The number of fused-ring (bicyclic) bond motifs is 2. The summed E-state index contributed by atoms with van der Waals surface area (Å²) >= 11 is 7.39. The van der Waals surface area contributed by atoms with Crippen molar-refractivity contribution in [1.82, 2.24) is 0 Å². The Bertz CT molecular complexity index is 1180. The van der Waals surface area contributed by atoms with E-state index in [0.29, 0.717) is 23.0 Å². The Kier molecular flexibility index (Phi) is 4.91. The Labute approximate surface area is 189 Å². The summed E-state index contributed by atoms with van der Waals surface area (Å²) in [6, 6.07) is 22.4. The summed E-state index contributed by atoms with van der Waals surface area (Å²) < 4.78 is 5.36. The highest BCUT2D eigenvalue weighted by atomic mass is 35.5. The smallest absolute Gasteiger partial charge is 0.269 e. The third kappa shape index (κ3) is 3.09. The molecular weight excluding hydrogens is 432 g/mol. The topological polar surface area (TPSA) is 49.9 Å². The zero-order chi connectivity index (χ0) is 21.6. The predicted molar refractivity (Wildman–Crippen MR) is 124 cm³/mol. The van der Waals surface area contributed by atoms with Crippen molar-refractivity contribution in [2.75, 3.05) is 22.7 Å². The molecule has 2 aliphatic heterocycles. The highest BCUT2D eigenvalue weighted by Crippen LogP contribution is 2.56. The van der Waals surface area contributed by atoms with Gasteiger partial charge in [0.1, 0.15) is 5.75 Å². The molecule has 1 atom stereocenters. The molecule has 3 aromatic rings. The Hall–Kier alpha value is -2.96. The van der Waals surface area contributed by atoms with E-state index in [4.69, 9.17) is 16.3 Å². The fourth-order valence-corrected chi connectivity index (χ4v) is 5.72. The second-order valence-electron chi connectivity index (χ2n) is 7.40. The summed E-state index contributed by atoms with van der Waals surface area (Å²) in [6.07, 6.45) is 0. The summed E-state index contributed by atoms with van der Waals surface area (Å²) in [4.78, 5) is 29.3. The number of hydrogen-bond acceptors (Lipinski definition) is 4. The van der Waals surface area contributed by atoms with Gasteiger partial charge in [0.05, 0.1) is 25.1 Å². The zero-order valence-corrected chi connectivity index (χ0v) is 18.3. The minimum absolute atomic E-state index is 0.102. The number of anilines is 2. The second-order valence-corrected chi connectivity index (χ2v) is 9.00. The van der Waals surface area contributed by atoms with Crippen molar-refractivity contribution in [2.24, 2.45) is 0 Å². The molecule has 0 bridgehead atoms. The maximum Gasteiger partial charge on any atom is 0.269 e. The first kappa shape index (κ1) is 20.0. The maximum atomic E-state index is 14.0. The van der Waals surface area contributed by atoms with Crippen LogP contribution in [0.4, 0.5) is 11.4 Å². The minimum Gasteiger partial charge on any atom is -0.497 e. The van der Waals surface area contributed by atoms with E-state index < -0.39 is 4.87 Å². The molecule has 2 heterocycles. The van der Waals surface area contributed by atoms with Crippen LogP contribution in [0.15, 0.2) is 72.8 Å². The van der Waals surface area contributed by atoms with Crippen molar-refractivity contribution < 1.29 is 14.3 Å². The molecule has 5 rings (SSSR count). The summed E-state index contributed by atoms with van der Waals surface area (Å²) in [5.74, 6) is 0.637. The number of halogens is 1. The number of carbonyl (C=O) groups is 2. The van der Waals surface area contributed by atoms with Gasteiger partial charge in [-0.05, 0) is 35.9 Å². The molecule has 0 aromatic heterocycles. The number of carbonyl (C=O) groups excluding carboxylic acids is 2. The zero-order valence-electron chi connectivity index (χ0n) is 16.7. The van der Waals surface area contributed by atoms with Crippen LogP contribution in [-0.4, -0.2) is 24.7 Å². The third-order valence-electron chi connectivity index (χ3n) is 5.63. The first-order chi connectivity index (χ1) is 15.0. The van der Waals surface area contributed by atoms with Gasteiger partial charge in [0.2, 0.25) is 10.8 Å². The van der Waals surface area contributed by atoms with Gasteiger partial charge in [-0.1, -0.05) is 48.0 Å². The van der Waals surface area contributed by atoms with Crippen molar-refractivity contribution in [3.8, 4) is 5.75 Å². The standard InChI is InChI=1S/C24H19ClN2O3S/c1-30-19-6-4-5-18(13-19)27-22(28)15-31-24(27)20-7-2-3-8-21(20)26(23(24)29)14-16-9-11-17(25)12-10-16/h2-13H,14-15H2,1H3/t24-/m1/s1. The predicted octanol–water partition coefficient (Wildman–Crippen LogP) is 4.83. The molecule has 7 heteroatoms. The lowest BCUT2D eigenvalue weighted by Gasteiger charge is -2.33. The number of rotatable bonds is 4. The quantitative estimate of drug-likeness (QED) is 0.571. The van der Waals surface area contributed by atoms with E-state index in [1.165, 1.54) is 11.8 Å². The molecule has 2 amide bonds. The second kappa shape index (κ2) is 7.62. The van der Waals surface area contributed by atoms with Gasteiger partial charge < -0.3 is 9.64 Å². The van der Waals surface area contributed by atoms with E-state index in [9.17, 15) is 9.59 Å². The highest BCUT2D eigenvalue weighted by molar-refractivity contribution is 8.02. The summed E-state index contributed by atoms with van der Waals surface area (Å²) in [6.45, 7) is 0.398. The van der Waals surface area contributed by atoms with Gasteiger partial charge in [-0.2, -0.15) is 0 Å². The first-order valence-corrected chi connectivity index (χ1v) is 11.2. The molecule has 2 aliphatic rings. The fourth-order valence-electron chi connectivity index (χ4n) is 4.23. The Morgan fingerprint density at radius 2 is 1.81 bits per heavy atom. The van der Waals surface area contributed by atoms with Crippen LogP contribution in [0, 0.1) is 0 Å². The largest absolute Gasteiger partial charge is 0.497 e. The number of methoxy groups -OCH3 is 1. The number of thioether (sulfide) groups is 1. The SMILES string of the molecule is COc1cccc(N2C(=O)CS[C@]23C(=O)N(Cc2ccc(Cl)cc2)c2ccccc23)c1. The fraction of sp³-hybridized carbons (Fsp3) is 0.167. The number of para-hydroxylation sites is 1. The van der Waals surface area contributed by atoms with Crippen LogP contribution in [-0.2, 0) is 21.0 Å². The van der Waals surface area contributed by atoms with E-state index in [2.05, 4.69) is 0 Å². The molecular formula is C24H19ClN2O3S. The average molecular weight is 451 g/mol. The van der Waals surface area contributed by atoms with Gasteiger partial charge in [0, 0.05) is 22.3 Å². The molecule has 0 aliphatic carbocycles. The van der Waals surface area contributed by atoms with Crippen molar-refractivity contribution in [3.63, 3.8) is 0 Å². The van der Waals surface area contributed by atoms with Crippen molar-refractivity contribution in [3.05, 3.63) is 88.9 Å². The monoisotopic (exact) mass is 450 g/mol. The van der Waals surface area contributed by atoms with E-state index in [1.807, 2.05) is 66.7 Å². The summed E-state index contributed by atoms with van der Waals surface area (Å²) in [5.41, 5.74) is 3.25. The summed E-state index contributed by atoms with van der Waals surface area (Å²) in [7, 11) is 1.58. The number of benzene rings is 3. The maximum absolute atomic E-state index is 14.0. The molecule has 0 N–H and O–H groups in total. The van der Waals surface area contributed by atoms with E-state index in [-0.39, 0.29) is 17.6 Å². The lowest BCUT2D eigenvalue weighted by Crippen LogP contribution is -2.49. The van der Waals surface area contributed by atoms with Crippen LogP contribution in [0.25, 0.3) is 0 Å². The van der Waals surface area contributed by atoms with Gasteiger partial charge in [-0.3, -0.25) is 14.5 Å². The Morgan fingerprint density at radius 3 is 2.58 bits per heavy atom.